The summed E-state index contributed by atoms with van der Waals surface area (Å²) in [5.41, 5.74) is 3.54. The number of thiophene rings is 1. The predicted octanol–water partition coefficient (Wildman–Crippen LogP) is 12.0. The van der Waals surface area contributed by atoms with E-state index in [0.717, 1.165) is 35.0 Å². The van der Waals surface area contributed by atoms with Gasteiger partial charge in [-0.1, -0.05) is 110 Å². The molecule has 0 atom stereocenters. The predicted molar refractivity (Wildman–Crippen MR) is 191 cm³/mol. The number of nitrogens with zero attached hydrogens (tertiary/aromatic N) is 1. The molecule has 1 N–H and O–H groups in total. The number of allylic oxidation sites excluding steroid dienone is 2. The van der Waals surface area contributed by atoms with Gasteiger partial charge in [0.15, 0.2) is 5.78 Å². The summed E-state index contributed by atoms with van der Waals surface area (Å²) in [5, 5.41) is 17.3. The van der Waals surface area contributed by atoms with Crippen LogP contribution in [0.2, 0.25) is 0 Å². The number of hydrogen-bond acceptors (Lipinski definition) is 4. The topological polar surface area (TPSA) is 50.2 Å². The molecule has 5 heteroatoms. The second-order valence-corrected chi connectivity index (χ2v) is 14.3. The van der Waals surface area contributed by atoms with Crippen molar-refractivity contribution in [2.24, 2.45) is 10.8 Å². The molecule has 0 aliphatic heterocycles. The second-order valence-electron chi connectivity index (χ2n) is 13.4. The SMILES string of the molecule is CC(C)(C)c1cc(-c2nc3ccccc3c3sccc23)[c-]c2ccccc12.[2H]/C(C(=O)C(C)(CC)CC)=C(/O)C(C)(CC)CC.[Ir]. The minimum atomic E-state index is -0.534. The molecule has 0 unspecified atom stereocenters. The van der Waals surface area contributed by atoms with Crippen molar-refractivity contribution in [1.29, 1.82) is 0 Å². The van der Waals surface area contributed by atoms with Gasteiger partial charge in [0.1, 0.15) is 5.76 Å². The number of benzene rings is 3. The smallest absolute Gasteiger partial charge is 0.164 e. The number of pyridine rings is 1. The Kier molecular flexibility index (Phi) is 11.4. The summed E-state index contributed by atoms with van der Waals surface area (Å²) in [6.07, 6.45) is 2.82. The van der Waals surface area contributed by atoms with Crippen molar-refractivity contribution in [3.63, 3.8) is 0 Å². The average molecular weight is 800 g/mol. The fourth-order valence-electron chi connectivity index (χ4n) is 5.40. The fraction of sp³-hybridized carbons (Fsp3) is 0.400. The van der Waals surface area contributed by atoms with Crippen LogP contribution in [0.25, 0.3) is 43.0 Å². The van der Waals surface area contributed by atoms with Gasteiger partial charge in [0.25, 0.3) is 0 Å². The third-order valence-electron chi connectivity index (χ3n) is 9.61. The first-order valence-electron chi connectivity index (χ1n) is 16.4. The van der Waals surface area contributed by atoms with E-state index in [9.17, 15) is 9.90 Å². The summed E-state index contributed by atoms with van der Waals surface area (Å²) < 4.78 is 9.29. The van der Waals surface area contributed by atoms with Crippen molar-refractivity contribution in [2.75, 3.05) is 0 Å². The van der Waals surface area contributed by atoms with E-state index < -0.39 is 10.8 Å². The van der Waals surface area contributed by atoms with Gasteiger partial charge in [-0.3, -0.25) is 9.78 Å². The van der Waals surface area contributed by atoms with Crippen molar-refractivity contribution in [2.45, 2.75) is 93.4 Å². The first kappa shape index (κ1) is 35.0. The molecule has 2 heterocycles. The van der Waals surface area contributed by atoms with E-state index >= 15 is 0 Å². The van der Waals surface area contributed by atoms with Crippen LogP contribution in [-0.2, 0) is 30.3 Å². The maximum absolute atomic E-state index is 12.3. The van der Waals surface area contributed by atoms with Crippen LogP contribution in [0.15, 0.2) is 77.9 Å². The number of carbonyl (C=O) groups excluding carboxylic acids is 1. The molecule has 2 aromatic heterocycles. The van der Waals surface area contributed by atoms with E-state index in [0.29, 0.717) is 12.8 Å². The third kappa shape index (κ3) is 7.59. The maximum atomic E-state index is 12.3. The second kappa shape index (κ2) is 14.7. The van der Waals surface area contributed by atoms with Gasteiger partial charge < -0.3 is 5.11 Å². The quantitative estimate of drug-likeness (QED) is 0.0966. The monoisotopic (exact) mass is 800 g/mol. The zero-order chi connectivity index (χ0) is 33.2. The molecule has 0 spiro atoms. The van der Waals surface area contributed by atoms with Crippen molar-refractivity contribution < 1.29 is 31.4 Å². The van der Waals surface area contributed by atoms with E-state index in [4.69, 9.17) is 6.35 Å². The van der Waals surface area contributed by atoms with Crippen molar-refractivity contribution in [1.82, 2.24) is 4.98 Å². The molecule has 3 nitrogen and oxygen atoms in total. The number of aromatic nitrogens is 1. The summed E-state index contributed by atoms with van der Waals surface area (Å²) in [7, 11) is 0. The Morgan fingerprint density at radius 3 is 2.04 bits per heavy atom. The largest absolute Gasteiger partial charge is 0.512 e. The number of fused-ring (bicyclic) bond motifs is 4. The van der Waals surface area contributed by atoms with Crippen molar-refractivity contribution in [3.05, 3.63) is 89.5 Å². The molecule has 45 heavy (non-hydrogen) atoms. The number of rotatable bonds is 8. The van der Waals surface area contributed by atoms with Crippen LogP contribution in [0, 0.1) is 16.9 Å². The molecule has 0 amide bonds. The summed E-state index contributed by atoms with van der Waals surface area (Å²) >= 11 is 1.79. The van der Waals surface area contributed by atoms with Crippen LogP contribution >= 0.6 is 11.3 Å². The molecule has 0 aliphatic rings. The molecular formula is C40H48IrNO2S-. The summed E-state index contributed by atoms with van der Waals surface area (Å²) in [5.74, 6) is -0.288. The molecule has 0 aliphatic carbocycles. The molecular weight excluding hydrogens is 751 g/mol. The van der Waals surface area contributed by atoms with Crippen LogP contribution in [0.4, 0.5) is 0 Å². The number of aliphatic hydroxyl groups excluding tert-OH is 1. The van der Waals surface area contributed by atoms with Crippen molar-refractivity contribution in [3.8, 4) is 11.3 Å². The van der Waals surface area contributed by atoms with Gasteiger partial charge in [-0.2, -0.15) is 0 Å². The van der Waals surface area contributed by atoms with Gasteiger partial charge in [-0.15, -0.1) is 40.5 Å². The molecule has 0 bridgehead atoms. The fourth-order valence-corrected chi connectivity index (χ4v) is 6.33. The van der Waals surface area contributed by atoms with Gasteiger partial charge in [-0.05, 0) is 54.0 Å². The van der Waals surface area contributed by atoms with Gasteiger partial charge in [-0.25, -0.2) is 0 Å². The zero-order valence-corrected chi connectivity index (χ0v) is 31.4. The standard InChI is InChI=1S/C25H20NS.C15H28O2.Ir/c1-25(2,3)21-15-17(14-16-8-4-5-9-18(16)21)23-20-12-13-27-24(20)19-10-6-7-11-22(19)26-23;1-7-14(5,8-2)12(16)11-13(17)15(6,9-3)10-4;/h4-13,15H,1-3H3;11,16H,7-10H2,1-6H3;/q-1;;/b;12-11-;/i;11D;. The maximum Gasteiger partial charge on any atom is 0.164 e. The summed E-state index contributed by atoms with van der Waals surface area (Å²) in [6, 6.07) is 24.9. The van der Waals surface area contributed by atoms with Gasteiger partial charge in [0.05, 0.1) is 6.89 Å². The molecule has 0 fully saturated rings. The Morgan fingerprint density at radius 2 is 1.44 bits per heavy atom. The number of ketones is 1. The van der Waals surface area contributed by atoms with Gasteiger partial charge in [0.2, 0.25) is 0 Å². The summed E-state index contributed by atoms with van der Waals surface area (Å²) in [4.78, 5) is 17.4. The van der Waals surface area contributed by atoms with Crippen LogP contribution < -0.4 is 0 Å². The van der Waals surface area contributed by atoms with Gasteiger partial charge >= 0.3 is 0 Å². The molecule has 5 rings (SSSR count). The number of aliphatic hydroxyl groups is 1. The number of carbonyl (C=O) groups is 1. The van der Waals surface area contributed by atoms with E-state index in [1.165, 1.54) is 26.4 Å². The molecule has 0 saturated carbocycles. The van der Waals surface area contributed by atoms with Crippen LogP contribution in [0.3, 0.4) is 0 Å². The Hall–Kier alpha value is -2.85. The average Bonchev–Trinajstić information content (AvgIpc) is 3.56. The Labute approximate surface area is 288 Å². The third-order valence-corrected chi connectivity index (χ3v) is 10.6. The normalized spacial score (nSPS) is 13.1. The molecule has 1 radical (unpaired) electrons. The minimum Gasteiger partial charge on any atom is -0.512 e. The number of para-hydroxylation sites is 1. The summed E-state index contributed by atoms with van der Waals surface area (Å²) in [6.45, 7) is 18.4. The first-order valence-corrected chi connectivity index (χ1v) is 16.8. The Morgan fingerprint density at radius 1 is 0.867 bits per heavy atom. The Bertz CT molecular complexity index is 1860. The molecule has 5 aromatic rings. The van der Waals surface area contributed by atoms with E-state index in [-0.39, 0.29) is 43.1 Å². The zero-order valence-electron chi connectivity index (χ0n) is 29.2. The van der Waals surface area contributed by atoms with Gasteiger partial charge in [0, 0.05) is 52.8 Å². The molecule has 3 aromatic carbocycles. The van der Waals surface area contributed by atoms with E-state index in [2.05, 4.69) is 92.9 Å². The van der Waals surface area contributed by atoms with E-state index in [1.807, 2.05) is 41.5 Å². The van der Waals surface area contributed by atoms with E-state index in [1.54, 1.807) is 11.3 Å². The van der Waals surface area contributed by atoms with Crippen molar-refractivity contribution >= 4 is 48.9 Å². The Balaban J connectivity index is 0.000000269. The van der Waals surface area contributed by atoms with Crippen LogP contribution in [-0.4, -0.2) is 15.9 Å². The minimum absolute atomic E-state index is 0. The van der Waals surface area contributed by atoms with Crippen LogP contribution in [0.1, 0.15) is 94.9 Å². The molecule has 241 valence electrons. The first-order chi connectivity index (χ1) is 21.2. The van der Waals surface area contributed by atoms with Crippen LogP contribution in [0.5, 0.6) is 0 Å². The molecule has 0 saturated heterocycles. The number of hydrogen-bond donors (Lipinski definition) is 1.